The van der Waals surface area contributed by atoms with Gasteiger partial charge in [-0.3, -0.25) is 0 Å². The molecule has 1 aliphatic rings. The second-order valence-corrected chi connectivity index (χ2v) is 5.02. The highest BCUT2D eigenvalue weighted by atomic mass is 127. The van der Waals surface area contributed by atoms with Crippen LogP contribution in [0.15, 0.2) is 18.2 Å². The van der Waals surface area contributed by atoms with E-state index in [1.807, 2.05) is 0 Å². The van der Waals surface area contributed by atoms with E-state index < -0.39 is 0 Å². The molecule has 0 aliphatic carbocycles. The first-order valence-electron chi connectivity index (χ1n) is 3.49. The first kappa shape index (κ1) is 8.10. The Morgan fingerprint density at radius 3 is 3.00 bits per heavy atom. The van der Waals surface area contributed by atoms with Gasteiger partial charge in [-0.25, -0.2) is 0 Å². The summed E-state index contributed by atoms with van der Waals surface area (Å²) in [5, 5.41) is 0. The Balaban J connectivity index is 2.52. The van der Waals surface area contributed by atoms with Gasteiger partial charge in [0.2, 0.25) is 0 Å². The largest absolute Gasteiger partial charge is 0.314 e. The van der Waals surface area contributed by atoms with Gasteiger partial charge in [-0.2, -0.15) is 0 Å². The van der Waals surface area contributed by atoms with Gasteiger partial charge >= 0.3 is 0 Å². The first-order valence-corrected chi connectivity index (χ1v) is 5.53. The van der Waals surface area contributed by atoms with Gasteiger partial charge in [0.25, 0.3) is 0 Å². The molecular formula is C8H7I2N. The molecule has 11 heavy (non-hydrogen) atoms. The van der Waals surface area contributed by atoms with Gasteiger partial charge in [0.15, 0.2) is 0 Å². The van der Waals surface area contributed by atoms with Crippen LogP contribution in [0, 0.1) is 3.57 Å². The summed E-state index contributed by atoms with van der Waals surface area (Å²) in [6, 6.07) is 6.65. The molecule has 58 valence electrons. The van der Waals surface area contributed by atoms with Crippen LogP contribution in [0.1, 0.15) is 5.56 Å². The van der Waals surface area contributed by atoms with E-state index in [2.05, 4.69) is 66.8 Å². The molecule has 0 spiro atoms. The third-order valence-corrected chi connectivity index (χ3v) is 3.56. The van der Waals surface area contributed by atoms with Crippen molar-refractivity contribution >= 4 is 51.1 Å². The second-order valence-electron chi connectivity index (χ2n) is 2.61. The lowest BCUT2D eigenvalue weighted by Gasteiger charge is -2.08. The molecule has 0 atom stereocenters. The van der Waals surface area contributed by atoms with Gasteiger partial charge in [-0.1, -0.05) is 6.07 Å². The SMILES string of the molecule is Ic1ccc2c(c1)N(I)CC2. The zero-order valence-corrected chi connectivity index (χ0v) is 10.2. The van der Waals surface area contributed by atoms with E-state index >= 15 is 0 Å². The van der Waals surface area contributed by atoms with Gasteiger partial charge in [-0.05, 0) is 46.7 Å². The molecule has 0 bridgehead atoms. The standard InChI is InChI=1S/C8H7I2N/c9-7-2-1-6-3-4-11(10)8(6)5-7/h1-2,5H,3-4H2. The maximum Gasteiger partial charge on any atom is 0.0591 e. The molecular weight excluding hydrogens is 364 g/mol. The van der Waals surface area contributed by atoms with E-state index in [4.69, 9.17) is 0 Å². The van der Waals surface area contributed by atoms with Crippen molar-refractivity contribution in [3.8, 4) is 0 Å². The summed E-state index contributed by atoms with van der Waals surface area (Å²) >= 11 is 4.72. The molecule has 1 aliphatic heterocycles. The smallest absolute Gasteiger partial charge is 0.0591 e. The highest BCUT2D eigenvalue weighted by molar-refractivity contribution is 14.1. The fourth-order valence-corrected chi connectivity index (χ4v) is 2.48. The van der Waals surface area contributed by atoms with Crippen LogP contribution in [0.4, 0.5) is 5.69 Å². The topological polar surface area (TPSA) is 3.24 Å². The third-order valence-electron chi connectivity index (χ3n) is 1.89. The summed E-state index contributed by atoms with van der Waals surface area (Å²) in [7, 11) is 0. The van der Waals surface area contributed by atoms with E-state index in [-0.39, 0.29) is 0 Å². The van der Waals surface area contributed by atoms with Crippen LogP contribution in [-0.2, 0) is 6.42 Å². The minimum absolute atomic E-state index is 1.16. The van der Waals surface area contributed by atoms with Gasteiger partial charge in [0, 0.05) is 15.8 Å². The van der Waals surface area contributed by atoms with E-state index in [1.54, 1.807) is 0 Å². The predicted octanol–water partition coefficient (Wildman–Crippen LogP) is 3.00. The monoisotopic (exact) mass is 371 g/mol. The summed E-state index contributed by atoms with van der Waals surface area (Å²) in [5.74, 6) is 0. The van der Waals surface area contributed by atoms with Crippen LogP contribution in [0.2, 0.25) is 0 Å². The van der Waals surface area contributed by atoms with E-state index in [1.165, 1.54) is 21.2 Å². The number of hydrogen-bond donors (Lipinski definition) is 0. The molecule has 0 unspecified atom stereocenters. The van der Waals surface area contributed by atoms with Gasteiger partial charge < -0.3 is 3.11 Å². The number of benzene rings is 1. The molecule has 0 N–H and O–H groups in total. The van der Waals surface area contributed by atoms with Crippen LogP contribution >= 0.6 is 45.5 Å². The Hall–Kier alpha value is 0.480. The molecule has 0 aromatic heterocycles. The number of nitrogens with zero attached hydrogens (tertiary/aromatic N) is 1. The Morgan fingerprint density at radius 1 is 1.36 bits per heavy atom. The first-order chi connectivity index (χ1) is 5.27. The predicted molar refractivity (Wildman–Crippen MR) is 64.2 cm³/mol. The van der Waals surface area contributed by atoms with Gasteiger partial charge in [0.1, 0.15) is 0 Å². The van der Waals surface area contributed by atoms with E-state index in [0.29, 0.717) is 0 Å². The minimum atomic E-state index is 1.16. The third kappa shape index (κ3) is 1.49. The Bertz CT molecular complexity index is 285. The quantitative estimate of drug-likeness (QED) is 0.501. The molecule has 1 aromatic carbocycles. The van der Waals surface area contributed by atoms with Crippen LogP contribution in [0.5, 0.6) is 0 Å². The minimum Gasteiger partial charge on any atom is -0.314 e. The van der Waals surface area contributed by atoms with Crippen LogP contribution in [-0.4, -0.2) is 6.54 Å². The zero-order valence-electron chi connectivity index (χ0n) is 5.85. The summed E-state index contributed by atoms with van der Waals surface area (Å²) in [5.41, 5.74) is 2.89. The van der Waals surface area contributed by atoms with Crippen LogP contribution < -0.4 is 3.11 Å². The molecule has 1 nitrogen and oxygen atoms in total. The normalized spacial score (nSPS) is 15.3. The highest BCUT2D eigenvalue weighted by Crippen LogP contribution is 2.31. The summed E-state index contributed by atoms with van der Waals surface area (Å²) in [6.07, 6.45) is 1.20. The lowest BCUT2D eigenvalue weighted by atomic mass is 10.2. The molecule has 1 aromatic rings. The summed E-state index contributed by atoms with van der Waals surface area (Å²) < 4.78 is 3.61. The molecule has 0 radical (unpaired) electrons. The molecule has 0 saturated carbocycles. The molecule has 0 amide bonds. The molecule has 3 heteroatoms. The van der Waals surface area contributed by atoms with Crippen molar-refractivity contribution in [2.75, 3.05) is 9.66 Å². The number of halogens is 2. The average molecular weight is 371 g/mol. The highest BCUT2D eigenvalue weighted by Gasteiger charge is 2.15. The zero-order chi connectivity index (χ0) is 7.84. The van der Waals surface area contributed by atoms with E-state index in [9.17, 15) is 0 Å². The fourth-order valence-electron chi connectivity index (χ4n) is 1.31. The number of hydrogen-bond acceptors (Lipinski definition) is 1. The fraction of sp³-hybridized carbons (Fsp3) is 0.250. The van der Waals surface area contributed by atoms with Gasteiger partial charge in [0.05, 0.1) is 22.9 Å². The molecule has 0 saturated heterocycles. The van der Waals surface area contributed by atoms with Crippen molar-refractivity contribution in [3.63, 3.8) is 0 Å². The van der Waals surface area contributed by atoms with Crippen molar-refractivity contribution in [1.29, 1.82) is 0 Å². The Kier molecular flexibility index (Phi) is 2.27. The molecule has 0 fully saturated rings. The molecule has 2 rings (SSSR count). The van der Waals surface area contributed by atoms with Crippen molar-refractivity contribution in [2.45, 2.75) is 6.42 Å². The van der Waals surface area contributed by atoms with Crippen LogP contribution in [0.25, 0.3) is 0 Å². The number of fused-ring (bicyclic) bond motifs is 1. The Labute approximate surface area is 93.8 Å². The average Bonchev–Trinajstić information content (AvgIpc) is 2.33. The molecule has 1 heterocycles. The number of rotatable bonds is 0. The van der Waals surface area contributed by atoms with Crippen molar-refractivity contribution in [3.05, 3.63) is 27.3 Å². The lowest BCUT2D eigenvalue weighted by Crippen LogP contribution is -2.03. The van der Waals surface area contributed by atoms with Crippen molar-refractivity contribution in [1.82, 2.24) is 0 Å². The Morgan fingerprint density at radius 2 is 2.18 bits per heavy atom. The van der Waals surface area contributed by atoms with Crippen LogP contribution in [0.3, 0.4) is 0 Å². The second kappa shape index (κ2) is 3.08. The van der Waals surface area contributed by atoms with Gasteiger partial charge in [-0.15, -0.1) is 0 Å². The van der Waals surface area contributed by atoms with Crippen molar-refractivity contribution < 1.29 is 0 Å². The maximum absolute atomic E-state index is 2.37. The summed E-state index contributed by atoms with van der Waals surface area (Å²) in [4.78, 5) is 0. The van der Waals surface area contributed by atoms with E-state index in [0.717, 1.165) is 6.54 Å². The number of anilines is 1. The van der Waals surface area contributed by atoms with Crippen molar-refractivity contribution in [2.24, 2.45) is 0 Å². The maximum atomic E-state index is 2.37. The summed E-state index contributed by atoms with van der Waals surface area (Å²) in [6.45, 7) is 1.16. The lowest BCUT2D eigenvalue weighted by molar-refractivity contribution is 1.07.